The molecule has 1 fully saturated rings. The Labute approximate surface area is 194 Å². The summed E-state index contributed by atoms with van der Waals surface area (Å²) in [5, 5.41) is 20.7. The maximum absolute atomic E-state index is 7.62. The van der Waals surface area contributed by atoms with Crippen LogP contribution >= 0.6 is 0 Å². The van der Waals surface area contributed by atoms with Crippen molar-refractivity contribution >= 4 is 41.0 Å². The van der Waals surface area contributed by atoms with Crippen LogP contribution < -0.4 is 26.2 Å². The molecule has 33 heavy (non-hydrogen) atoms. The van der Waals surface area contributed by atoms with Gasteiger partial charge in [0.05, 0.1) is 0 Å². The number of hydrogen-bond donors (Lipinski definition) is 5. The Morgan fingerprint density at radius 3 is 2.70 bits per heavy atom. The van der Waals surface area contributed by atoms with Crippen molar-refractivity contribution in [2.45, 2.75) is 25.8 Å². The average Bonchev–Trinajstić information content (AvgIpc) is 2.86. The molecular weight excluding hydrogens is 414 g/mol. The van der Waals surface area contributed by atoms with Crippen LogP contribution in [-0.4, -0.2) is 54.4 Å². The molecule has 9 nitrogen and oxygen atoms in total. The van der Waals surface area contributed by atoms with Crippen LogP contribution in [0.25, 0.3) is 0 Å². The van der Waals surface area contributed by atoms with Gasteiger partial charge in [0.15, 0.2) is 0 Å². The maximum Gasteiger partial charge on any atom is 0.229 e. The molecule has 0 saturated carbocycles. The van der Waals surface area contributed by atoms with E-state index in [2.05, 4.69) is 43.2 Å². The summed E-state index contributed by atoms with van der Waals surface area (Å²) in [5.74, 6) is 2.85. The van der Waals surface area contributed by atoms with E-state index >= 15 is 0 Å². The zero-order chi connectivity index (χ0) is 23.2. The molecule has 0 spiro atoms. The number of pyridine rings is 1. The molecule has 5 N–H and O–H groups in total. The van der Waals surface area contributed by atoms with Gasteiger partial charge in [-0.3, -0.25) is 0 Å². The molecule has 0 aliphatic carbocycles. The van der Waals surface area contributed by atoms with E-state index in [1.165, 1.54) is 6.21 Å². The van der Waals surface area contributed by atoms with Crippen LogP contribution in [0.5, 0.6) is 0 Å². The maximum atomic E-state index is 7.62. The van der Waals surface area contributed by atoms with Crippen molar-refractivity contribution in [2.75, 3.05) is 48.0 Å². The van der Waals surface area contributed by atoms with Gasteiger partial charge in [-0.05, 0) is 63.2 Å². The van der Waals surface area contributed by atoms with Crippen molar-refractivity contribution in [3.63, 3.8) is 0 Å². The zero-order valence-corrected chi connectivity index (χ0v) is 19.3. The number of aromatic nitrogens is 3. The van der Waals surface area contributed by atoms with E-state index in [1.807, 2.05) is 50.4 Å². The first-order chi connectivity index (χ1) is 16.1. The van der Waals surface area contributed by atoms with Crippen molar-refractivity contribution in [1.29, 1.82) is 5.41 Å². The minimum Gasteiger partial charge on any atom is -0.388 e. The van der Waals surface area contributed by atoms with Gasteiger partial charge in [-0.1, -0.05) is 6.07 Å². The smallest absolute Gasteiger partial charge is 0.229 e. The molecule has 4 rings (SSSR count). The minimum absolute atomic E-state index is 0.471. The molecule has 3 heterocycles. The summed E-state index contributed by atoms with van der Waals surface area (Å²) in [6.07, 6.45) is 5.33. The van der Waals surface area contributed by atoms with Gasteiger partial charge < -0.3 is 31.6 Å². The van der Waals surface area contributed by atoms with Gasteiger partial charge in [-0.15, -0.1) is 0 Å². The summed E-state index contributed by atoms with van der Waals surface area (Å²) in [6.45, 7) is 4.05. The molecule has 172 valence electrons. The Balaban J connectivity index is 1.51. The highest BCUT2D eigenvalue weighted by Gasteiger charge is 2.19. The SMILES string of the molecule is CNc1ccc(Nc2ncc(C)c(Nc3cccc(N(C)C4CCNCC4)n3)n2)cc1C=N. The molecular formula is C24H31N9. The highest BCUT2D eigenvalue weighted by molar-refractivity contribution is 5.87. The van der Waals surface area contributed by atoms with Crippen LogP contribution in [0.2, 0.25) is 0 Å². The molecule has 1 saturated heterocycles. The summed E-state index contributed by atoms with van der Waals surface area (Å²) in [4.78, 5) is 16.2. The normalized spacial score (nSPS) is 13.9. The average molecular weight is 446 g/mol. The van der Waals surface area contributed by atoms with E-state index in [9.17, 15) is 0 Å². The standard InChI is InChI=1S/C24H31N9/c1-16-15-28-24(29-18-7-8-20(26-2)17(13-18)14-25)32-23(16)31-21-5-4-6-22(30-21)33(3)19-9-11-27-12-10-19/h4-8,13-15,19,25-27H,9-12H2,1-3H3,(H2,28,29,30,31,32). The fourth-order valence-electron chi connectivity index (χ4n) is 3.94. The second-order valence-electron chi connectivity index (χ2n) is 8.14. The quantitative estimate of drug-likeness (QED) is 0.332. The largest absolute Gasteiger partial charge is 0.388 e. The van der Waals surface area contributed by atoms with Gasteiger partial charge in [0, 0.05) is 55.1 Å². The summed E-state index contributed by atoms with van der Waals surface area (Å²) >= 11 is 0. The van der Waals surface area contributed by atoms with Crippen LogP contribution in [0.4, 0.5) is 34.8 Å². The lowest BCUT2D eigenvalue weighted by molar-refractivity contribution is 0.442. The highest BCUT2D eigenvalue weighted by Crippen LogP contribution is 2.25. The van der Waals surface area contributed by atoms with Crippen LogP contribution in [0.3, 0.4) is 0 Å². The van der Waals surface area contributed by atoms with Gasteiger partial charge in [0.2, 0.25) is 5.95 Å². The van der Waals surface area contributed by atoms with Crippen molar-refractivity contribution < 1.29 is 0 Å². The molecule has 1 aliphatic rings. The van der Waals surface area contributed by atoms with Crippen molar-refractivity contribution in [3.8, 4) is 0 Å². The predicted octanol–water partition coefficient (Wildman–Crippen LogP) is 3.89. The van der Waals surface area contributed by atoms with Gasteiger partial charge >= 0.3 is 0 Å². The van der Waals surface area contributed by atoms with Crippen LogP contribution in [0, 0.1) is 12.3 Å². The third kappa shape index (κ3) is 5.38. The van der Waals surface area contributed by atoms with Crippen molar-refractivity contribution in [3.05, 3.63) is 53.7 Å². The summed E-state index contributed by atoms with van der Waals surface area (Å²) in [5.41, 5.74) is 3.41. The molecule has 0 bridgehead atoms. The third-order valence-electron chi connectivity index (χ3n) is 5.90. The summed E-state index contributed by atoms with van der Waals surface area (Å²) in [6, 6.07) is 12.2. The third-order valence-corrected chi connectivity index (χ3v) is 5.90. The van der Waals surface area contributed by atoms with Gasteiger partial charge in [-0.2, -0.15) is 4.98 Å². The number of anilines is 6. The Hall–Kier alpha value is -3.72. The fraction of sp³-hybridized carbons (Fsp3) is 0.333. The molecule has 1 aromatic carbocycles. The second-order valence-corrected chi connectivity index (χ2v) is 8.14. The van der Waals surface area contributed by atoms with E-state index in [1.54, 1.807) is 6.20 Å². The summed E-state index contributed by atoms with van der Waals surface area (Å²) < 4.78 is 0. The first-order valence-electron chi connectivity index (χ1n) is 11.2. The second kappa shape index (κ2) is 10.3. The Bertz CT molecular complexity index is 1110. The van der Waals surface area contributed by atoms with Crippen molar-refractivity contribution in [2.24, 2.45) is 0 Å². The highest BCUT2D eigenvalue weighted by atomic mass is 15.2. The van der Waals surface area contributed by atoms with E-state index in [0.717, 1.165) is 60.1 Å². The van der Waals surface area contributed by atoms with E-state index in [4.69, 9.17) is 10.4 Å². The molecule has 0 amide bonds. The molecule has 3 aromatic rings. The van der Waals surface area contributed by atoms with E-state index < -0.39 is 0 Å². The zero-order valence-electron chi connectivity index (χ0n) is 19.3. The fourth-order valence-corrected chi connectivity index (χ4v) is 3.94. The number of nitrogens with zero attached hydrogens (tertiary/aromatic N) is 4. The Morgan fingerprint density at radius 2 is 1.94 bits per heavy atom. The molecule has 0 unspecified atom stereocenters. The lowest BCUT2D eigenvalue weighted by atomic mass is 10.1. The lowest BCUT2D eigenvalue weighted by Gasteiger charge is -2.32. The lowest BCUT2D eigenvalue weighted by Crippen LogP contribution is -2.41. The topological polar surface area (TPSA) is 114 Å². The summed E-state index contributed by atoms with van der Waals surface area (Å²) in [7, 11) is 3.95. The Kier molecular flexibility index (Phi) is 6.99. The number of benzene rings is 1. The first-order valence-corrected chi connectivity index (χ1v) is 11.2. The van der Waals surface area contributed by atoms with E-state index in [-0.39, 0.29) is 0 Å². The van der Waals surface area contributed by atoms with Gasteiger partial charge in [0.1, 0.15) is 17.5 Å². The first kappa shape index (κ1) is 22.5. The van der Waals surface area contributed by atoms with E-state index in [0.29, 0.717) is 17.8 Å². The van der Waals surface area contributed by atoms with Crippen LogP contribution in [0.15, 0.2) is 42.6 Å². The number of piperidine rings is 1. The predicted molar refractivity (Wildman–Crippen MR) is 136 cm³/mol. The molecule has 2 aromatic heterocycles. The van der Waals surface area contributed by atoms with Crippen LogP contribution in [-0.2, 0) is 0 Å². The molecule has 0 atom stereocenters. The minimum atomic E-state index is 0.471. The van der Waals surface area contributed by atoms with Crippen molar-refractivity contribution in [1.82, 2.24) is 20.3 Å². The number of hydrogen-bond acceptors (Lipinski definition) is 9. The number of nitrogens with one attached hydrogen (secondary N) is 5. The van der Waals surface area contributed by atoms with Gasteiger partial charge in [0.25, 0.3) is 0 Å². The van der Waals surface area contributed by atoms with Gasteiger partial charge in [-0.25, -0.2) is 9.97 Å². The van der Waals surface area contributed by atoms with Crippen LogP contribution in [0.1, 0.15) is 24.0 Å². The molecule has 0 radical (unpaired) electrons. The molecule has 1 aliphatic heterocycles. The monoisotopic (exact) mass is 445 g/mol. The number of aryl methyl sites for hydroxylation is 1. The Morgan fingerprint density at radius 1 is 1.12 bits per heavy atom. The number of rotatable bonds is 8. The molecule has 9 heteroatoms.